The average Bonchev–Trinajstić information content (AvgIpc) is 2.97. The molecular weight excluding hydrogens is 350 g/mol. The van der Waals surface area contributed by atoms with Crippen LogP contribution < -0.4 is 5.32 Å². The molecule has 27 heavy (non-hydrogen) atoms. The maximum atomic E-state index is 4.89. The van der Waals surface area contributed by atoms with Crippen LogP contribution in [-0.4, -0.2) is 9.97 Å². The molecule has 136 valence electrons. The molecule has 0 aliphatic heterocycles. The van der Waals surface area contributed by atoms with Crippen molar-refractivity contribution < 1.29 is 0 Å². The lowest BCUT2D eigenvalue weighted by molar-refractivity contribution is 0.999. The minimum atomic E-state index is 0.732. The van der Waals surface area contributed by atoms with Crippen molar-refractivity contribution in [3.05, 3.63) is 82.0 Å². The molecule has 0 aliphatic carbocycles. The van der Waals surface area contributed by atoms with Crippen LogP contribution in [0.2, 0.25) is 0 Å². The van der Waals surface area contributed by atoms with E-state index < -0.39 is 0 Å². The number of benzene rings is 2. The molecule has 0 saturated carbocycles. The summed E-state index contributed by atoms with van der Waals surface area (Å²) in [5.41, 5.74) is 4.87. The number of nitrogens with zero attached hydrogens (tertiary/aromatic N) is 2. The van der Waals surface area contributed by atoms with E-state index >= 15 is 0 Å². The molecule has 0 saturated heterocycles. The predicted octanol–water partition coefficient (Wildman–Crippen LogP) is 6.20. The Kier molecular flexibility index (Phi) is 4.90. The molecule has 2 heterocycles. The van der Waals surface area contributed by atoms with Crippen LogP contribution in [0.5, 0.6) is 0 Å². The van der Waals surface area contributed by atoms with Gasteiger partial charge in [0.2, 0.25) is 0 Å². The molecule has 4 rings (SSSR count). The summed E-state index contributed by atoms with van der Waals surface area (Å²) >= 11 is 1.74. The molecule has 0 radical (unpaired) electrons. The van der Waals surface area contributed by atoms with Crippen LogP contribution in [0.4, 0.5) is 11.5 Å². The molecule has 0 fully saturated rings. The van der Waals surface area contributed by atoms with Crippen molar-refractivity contribution in [1.82, 2.24) is 9.97 Å². The van der Waals surface area contributed by atoms with E-state index in [0.29, 0.717) is 0 Å². The van der Waals surface area contributed by atoms with Gasteiger partial charge in [0.1, 0.15) is 16.5 Å². The predicted molar refractivity (Wildman–Crippen MR) is 115 cm³/mol. The SMILES string of the molecule is CCc1ccc(Nc2nc(Cc3ccccc3)nc3sc(C)c(C)c23)cc1. The number of aryl methyl sites for hydroxylation is 3. The zero-order valence-corrected chi connectivity index (χ0v) is 16.7. The smallest absolute Gasteiger partial charge is 0.143 e. The van der Waals surface area contributed by atoms with Gasteiger partial charge in [-0.3, -0.25) is 0 Å². The van der Waals surface area contributed by atoms with Crippen LogP contribution in [0.25, 0.3) is 10.2 Å². The summed E-state index contributed by atoms with van der Waals surface area (Å²) in [6.45, 7) is 6.47. The Hall–Kier alpha value is -2.72. The number of fused-ring (bicyclic) bond motifs is 1. The molecule has 0 atom stereocenters. The molecule has 0 aliphatic rings. The number of rotatable bonds is 5. The summed E-state index contributed by atoms with van der Waals surface area (Å²) in [6, 6.07) is 19.0. The summed E-state index contributed by atoms with van der Waals surface area (Å²) in [6.07, 6.45) is 1.78. The van der Waals surface area contributed by atoms with E-state index in [0.717, 1.165) is 40.4 Å². The average molecular weight is 374 g/mol. The Labute approximate surface area is 164 Å². The van der Waals surface area contributed by atoms with Gasteiger partial charge in [-0.1, -0.05) is 49.4 Å². The largest absolute Gasteiger partial charge is 0.340 e. The van der Waals surface area contributed by atoms with E-state index in [1.54, 1.807) is 11.3 Å². The number of nitrogens with one attached hydrogen (secondary N) is 1. The fourth-order valence-electron chi connectivity index (χ4n) is 3.20. The summed E-state index contributed by atoms with van der Waals surface area (Å²) < 4.78 is 0. The van der Waals surface area contributed by atoms with Gasteiger partial charge in [0.05, 0.1) is 5.39 Å². The van der Waals surface area contributed by atoms with Crippen LogP contribution in [0.1, 0.15) is 34.3 Å². The number of hydrogen-bond acceptors (Lipinski definition) is 4. The molecule has 3 nitrogen and oxygen atoms in total. The van der Waals surface area contributed by atoms with Crippen molar-refractivity contribution in [3.63, 3.8) is 0 Å². The fraction of sp³-hybridized carbons (Fsp3) is 0.217. The minimum Gasteiger partial charge on any atom is -0.340 e. The van der Waals surface area contributed by atoms with E-state index in [-0.39, 0.29) is 0 Å². The summed E-state index contributed by atoms with van der Waals surface area (Å²) in [4.78, 5) is 12.1. The lowest BCUT2D eigenvalue weighted by atomic mass is 10.1. The molecule has 4 heteroatoms. The van der Waals surface area contributed by atoms with Crippen molar-refractivity contribution in [2.75, 3.05) is 5.32 Å². The Bertz CT molecular complexity index is 1070. The monoisotopic (exact) mass is 373 g/mol. The lowest BCUT2D eigenvalue weighted by Gasteiger charge is -2.10. The Balaban J connectivity index is 1.76. The second-order valence-corrected chi connectivity index (χ2v) is 7.99. The van der Waals surface area contributed by atoms with E-state index in [4.69, 9.17) is 9.97 Å². The highest BCUT2D eigenvalue weighted by Gasteiger charge is 2.15. The molecule has 1 N–H and O–H groups in total. The van der Waals surface area contributed by atoms with Crippen molar-refractivity contribution in [2.45, 2.75) is 33.6 Å². The van der Waals surface area contributed by atoms with Gasteiger partial charge in [-0.25, -0.2) is 9.97 Å². The Morgan fingerprint density at radius 2 is 1.63 bits per heavy atom. The number of aromatic nitrogens is 2. The quantitative estimate of drug-likeness (QED) is 0.452. The first-order valence-electron chi connectivity index (χ1n) is 9.30. The maximum Gasteiger partial charge on any atom is 0.143 e. The second-order valence-electron chi connectivity index (χ2n) is 6.79. The summed E-state index contributed by atoms with van der Waals surface area (Å²) in [7, 11) is 0. The second kappa shape index (κ2) is 7.49. The standard InChI is InChI=1S/C23H23N3S/c1-4-17-10-12-19(13-11-17)24-22-21-15(2)16(3)27-23(21)26-20(25-22)14-18-8-6-5-7-9-18/h5-13H,4,14H2,1-3H3,(H,24,25,26). The normalized spacial score (nSPS) is 11.1. The Morgan fingerprint density at radius 1 is 0.889 bits per heavy atom. The summed E-state index contributed by atoms with van der Waals surface area (Å²) in [5.74, 6) is 1.75. The Morgan fingerprint density at radius 3 is 2.33 bits per heavy atom. The van der Waals surface area contributed by atoms with E-state index in [2.05, 4.69) is 74.6 Å². The highest BCUT2D eigenvalue weighted by molar-refractivity contribution is 7.18. The molecule has 0 bridgehead atoms. The third-order valence-electron chi connectivity index (χ3n) is 4.90. The molecular formula is C23H23N3S. The molecule has 2 aromatic heterocycles. The van der Waals surface area contributed by atoms with Gasteiger partial charge in [-0.2, -0.15) is 0 Å². The zero-order chi connectivity index (χ0) is 18.8. The van der Waals surface area contributed by atoms with Gasteiger partial charge in [-0.15, -0.1) is 11.3 Å². The molecule has 0 unspecified atom stereocenters. The lowest BCUT2D eigenvalue weighted by Crippen LogP contribution is -2.02. The molecule has 0 spiro atoms. The maximum absolute atomic E-state index is 4.89. The van der Waals surface area contributed by atoms with Crippen molar-refractivity contribution in [2.24, 2.45) is 0 Å². The van der Waals surface area contributed by atoms with Gasteiger partial charge in [-0.05, 0) is 49.1 Å². The number of hydrogen-bond donors (Lipinski definition) is 1. The van der Waals surface area contributed by atoms with E-state index in [9.17, 15) is 0 Å². The van der Waals surface area contributed by atoms with Gasteiger partial charge in [0.15, 0.2) is 0 Å². The zero-order valence-electron chi connectivity index (χ0n) is 15.9. The van der Waals surface area contributed by atoms with Crippen LogP contribution in [-0.2, 0) is 12.8 Å². The van der Waals surface area contributed by atoms with Crippen LogP contribution >= 0.6 is 11.3 Å². The van der Waals surface area contributed by atoms with E-state index in [1.165, 1.54) is 21.6 Å². The van der Waals surface area contributed by atoms with Crippen molar-refractivity contribution >= 4 is 33.1 Å². The first-order chi connectivity index (χ1) is 13.1. The third kappa shape index (κ3) is 3.71. The van der Waals surface area contributed by atoms with Crippen molar-refractivity contribution in [3.8, 4) is 0 Å². The van der Waals surface area contributed by atoms with Gasteiger partial charge in [0.25, 0.3) is 0 Å². The first kappa shape index (κ1) is 17.7. The number of anilines is 2. The van der Waals surface area contributed by atoms with Crippen LogP contribution in [0.3, 0.4) is 0 Å². The molecule has 4 aromatic rings. The van der Waals surface area contributed by atoms with Gasteiger partial charge >= 0.3 is 0 Å². The minimum absolute atomic E-state index is 0.732. The fourth-order valence-corrected chi connectivity index (χ4v) is 4.25. The number of thiophene rings is 1. The topological polar surface area (TPSA) is 37.8 Å². The van der Waals surface area contributed by atoms with Crippen LogP contribution in [0, 0.1) is 13.8 Å². The van der Waals surface area contributed by atoms with Crippen LogP contribution in [0.15, 0.2) is 54.6 Å². The first-order valence-corrected chi connectivity index (χ1v) is 10.1. The molecule has 2 aromatic carbocycles. The van der Waals surface area contributed by atoms with Crippen molar-refractivity contribution in [1.29, 1.82) is 0 Å². The van der Waals surface area contributed by atoms with Gasteiger partial charge < -0.3 is 5.32 Å². The molecule has 0 amide bonds. The van der Waals surface area contributed by atoms with E-state index in [1.807, 2.05) is 6.07 Å². The van der Waals surface area contributed by atoms with Gasteiger partial charge in [0, 0.05) is 17.0 Å². The summed E-state index contributed by atoms with van der Waals surface area (Å²) in [5, 5.41) is 4.67. The third-order valence-corrected chi connectivity index (χ3v) is 6.01. The highest BCUT2D eigenvalue weighted by Crippen LogP contribution is 2.34. The highest BCUT2D eigenvalue weighted by atomic mass is 32.1.